The molecule has 1 unspecified atom stereocenters. The van der Waals surface area contributed by atoms with Gasteiger partial charge in [0, 0.05) is 17.9 Å². The molecule has 1 heterocycles. The fraction of sp³-hybridized carbons (Fsp3) is 0.300. The van der Waals surface area contributed by atoms with E-state index in [1.165, 1.54) is 0 Å². The molecule has 142 valence electrons. The third-order valence-electron chi connectivity index (χ3n) is 4.03. The summed E-state index contributed by atoms with van der Waals surface area (Å²) in [6, 6.07) is 13.5. The van der Waals surface area contributed by atoms with Crippen LogP contribution in [0.3, 0.4) is 0 Å². The molecule has 0 spiro atoms. The van der Waals surface area contributed by atoms with Gasteiger partial charge in [0.2, 0.25) is 0 Å². The molecule has 1 aliphatic rings. The lowest BCUT2D eigenvalue weighted by Gasteiger charge is -2.12. The summed E-state index contributed by atoms with van der Waals surface area (Å²) >= 11 is 0. The van der Waals surface area contributed by atoms with Crippen molar-refractivity contribution in [3.05, 3.63) is 54.1 Å². The Morgan fingerprint density at radius 2 is 1.93 bits per heavy atom. The van der Waals surface area contributed by atoms with Crippen LogP contribution in [0, 0.1) is 0 Å². The maximum absolute atomic E-state index is 12.4. The number of nitrogens with one attached hydrogen (secondary N) is 1. The Labute approximate surface area is 156 Å². The van der Waals surface area contributed by atoms with Crippen molar-refractivity contribution in [1.29, 1.82) is 0 Å². The molecule has 0 aliphatic carbocycles. The average molecular weight is 371 g/mol. The number of aliphatic carboxylic acids is 1. The van der Waals surface area contributed by atoms with Crippen LogP contribution in [0.15, 0.2) is 48.5 Å². The number of carbonyl (C=O) groups excluding carboxylic acids is 1. The molecule has 0 bridgehead atoms. The third-order valence-corrected chi connectivity index (χ3v) is 4.03. The summed E-state index contributed by atoms with van der Waals surface area (Å²) < 4.78 is 16.3. The zero-order valence-electron chi connectivity index (χ0n) is 14.7. The number of hydrogen-bond donors (Lipinski definition) is 2. The van der Waals surface area contributed by atoms with E-state index in [4.69, 9.17) is 19.3 Å². The minimum absolute atomic E-state index is 0.115. The number of benzene rings is 2. The Bertz CT molecular complexity index is 783. The van der Waals surface area contributed by atoms with Crippen LogP contribution in [0.5, 0.6) is 11.5 Å². The highest BCUT2D eigenvalue weighted by molar-refractivity contribution is 6.04. The second-order valence-corrected chi connectivity index (χ2v) is 6.13. The van der Waals surface area contributed by atoms with Crippen molar-refractivity contribution in [2.24, 2.45) is 0 Å². The molecule has 1 fully saturated rings. The molecule has 27 heavy (non-hydrogen) atoms. The number of rotatable bonds is 8. The van der Waals surface area contributed by atoms with Gasteiger partial charge in [0.1, 0.15) is 18.1 Å². The first-order chi connectivity index (χ1) is 13.1. The second kappa shape index (κ2) is 9.05. The summed E-state index contributed by atoms with van der Waals surface area (Å²) in [5.74, 6) is -0.277. The number of carboxylic acids is 1. The molecule has 0 radical (unpaired) electrons. The molecule has 1 amide bonds. The van der Waals surface area contributed by atoms with E-state index in [0.29, 0.717) is 29.4 Å². The lowest BCUT2D eigenvalue weighted by atomic mass is 10.2. The van der Waals surface area contributed by atoms with Crippen LogP contribution in [0.25, 0.3) is 0 Å². The van der Waals surface area contributed by atoms with Gasteiger partial charge in [-0.2, -0.15) is 0 Å². The van der Waals surface area contributed by atoms with E-state index in [9.17, 15) is 9.59 Å². The molecular weight excluding hydrogens is 350 g/mol. The Hall–Kier alpha value is -3.06. The molecule has 2 aromatic rings. The Morgan fingerprint density at radius 3 is 2.63 bits per heavy atom. The third kappa shape index (κ3) is 5.72. The lowest BCUT2D eigenvalue weighted by molar-refractivity contribution is -0.139. The second-order valence-electron chi connectivity index (χ2n) is 6.13. The van der Waals surface area contributed by atoms with Crippen LogP contribution < -0.4 is 14.8 Å². The van der Waals surface area contributed by atoms with Gasteiger partial charge in [-0.25, -0.2) is 4.79 Å². The van der Waals surface area contributed by atoms with E-state index in [-0.39, 0.29) is 12.0 Å². The summed E-state index contributed by atoms with van der Waals surface area (Å²) in [4.78, 5) is 22.9. The van der Waals surface area contributed by atoms with Crippen molar-refractivity contribution >= 4 is 17.6 Å². The number of amides is 1. The monoisotopic (exact) mass is 371 g/mol. The molecule has 1 saturated heterocycles. The van der Waals surface area contributed by atoms with Gasteiger partial charge in [-0.05, 0) is 55.3 Å². The number of anilines is 1. The topological polar surface area (TPSA) is 94.1 Å². The molecule has 2 N–H and O–H groups in total. The number of ether oxygens (including phenoxy) is 3. The van der Waals surface area contributed by atoms with Crippen molar-refractivity contribution in [1.82, 2.24) is 0 Å². The number of carbonyl (C=O) groups is 2. The zero-order valence-corrected chi connectivity index (χ0v) is 14.7. The van der Waals surface area contributed by atoms with Crippen LogP contribution >= 0.6 is 0 Å². The molecule has 2 aromatic carbocycles. The van der Waals surface area contributed by atoms with Gasteiger partial charge in [0.05, 0.1) is 6.10 Å². The van der Waals surface area contributed by atoms with Crippen molar-refractivity contribution in [2.75, 3.05) is 25.1 Å². The first-order valence-electron chi connectivity index (χ1n) is 8.70. The predicted molar refractivity (Wildman–Crippen MR) is 98.4 cm³/mol. The van der Waals surface area contributed by atoms with Crippen molar-refractivity contribution in [3.63, 3.8) is 0 Å². The van der Waals surface area contributed by atoms with Gasteiger partial charge in [0.15, 0.2) is 6.61 Å². The van der Waals surface area contributed by atoms with Gasteiger partial charge in [-0.15, -0.1) is 0 Å². The highest BCUT2D eigenvalue weighted by Crippen LogP contribution is 2.19. The van der Waals surface area contributed by atoms with Crippen LogP contribution in [0.4, 0.5) is 5.69 Å². The predicted octanol–water partition coefficient (Wildman–Crippen LogP) is 2.96. The van der Waals surface area contributed by atoms with Crippen LogP contribution in [0.1, 0.15) is 23.2 Å². The fourth-order valence-corrected chi connectivity index (χ4v) is 2.67. The Kier molecular flexibility index (Phi) is 6.27. The SMILES string of the molecule is O=C(O)COc1ccc(NC(=O)c2cccc(OCC3CCCO3)c2)cc1. The molecule has 0 aromatic heterocycles. The van der Waals surface area contributed by atoms with E-state index in [0.717, 1.165) is 19.4 Å². The highest BCUT2D eigenvalue weighted by atomic mass is 16.5. The minimum atomic E-state index is -1.05. The molecule has 3 rings (SSSR count). The quantitative estimate of drug-likeness (QED) is 0.741. The minimum Gasteiger partial charge on any atom is -0.491 e. The summed E-state index contributed by atoms with van der Waals surface area (Å²) in [5, 5.41) is 11.4. The first-order valence-corrected chi connectivity index (χ1v) is 8.70. The Morgan fingerprint density at radius 1 is 1.11 bits per heavy atom. The maximum Gasteiger partial charge on any atom is 0.341 e. The normalized spacial score (nSPS) is 15.9. The summed E-state index contributed by atoms with van der Waals surface area (Å²) in [7, 11) is 0. The lowest BCUT2D eigenvalue weighted by Crippen LogP contribution is -2.17. The average Bonchev–Trinajstić information content (AvgIpc) is 3.19. The molecule has 0 saturated carbocycles. The zero-order chi connectivity index (χ0) is 19.1. The standard InChI is InChI=1S/C20H21NO6/c22-19(23)13-27-16-8-6-15(7-9-16)21-20(24)14-3-1-4-17(11-14)26-12-18-5-2-10-25-18/h1,3-4,6-9,11,18H,2,5,10,12-13H2,(H,21,24)(H,22,23). The fourth-order valence-electron chi connectivity index (χ4n) is 2.67. The van der Waals surface area contributed by atoms with Crippen molar-refractivity contribution in [3.8, 4) is 11.5 Å². The van der Waals surface area contributed by atoms with E-state index in [1.807, 2.05) is 0 Å². The molecular formula is C20H21NO6. The van der Waals surface area contributed by atoms with Crippen LogP contribution in [-0.2, 0) is 9.53 Å². The molecule has 7 heteroatoms. The highest BCUT2D eigenvalue weighted by Gasteiger charge is 2.16. The number of hydrogen-bond acceptors (Lipinski definition) is 5. The van der Waals surface area contributed by atoms with Gasteiger partial charge < -0.3 is 24.6 Å². The number of carboxylic acid groups (broad SMARTS) is 1. The largest absolute Gasteiger partial charge is 0.491 e. The van der Waals surface area contributed by atoms with Crippen molar-refractivity contribution < 1.29 is 28.9 Å². The smallest absolute Gasteiger partial charge is 0.341 e. The van der Waals surface area contributed by atoms with Crippen LogP contribution in [0.2, 0.25) is 0 Å². The van der Waals surface area contributed by atoms with E-state index in [1.54, 1.807) is 48.5 Å². The summed E-state index contributed by atoms with van der Waals surface area (Å²) in [6.07, 6.45) is 2.16. The Balaban J connectivity index is 1.55. The van der Waals surface area contributed by atoms with E-state index in [2.05, 4.69) is 5.32 Å². The van der Waals surface area contributed by atoms with Gasteiger partial charge in [0.25, 0.3) is 5.91 Å². The summed E-state index contributed by atoms with van der Waals surface area (Å²) in [5.41, 5.74) is 1.05. The van der Waals surface area contributed by atoms with Gasteiger partial charge in [-0.1, -0.05) is 6.07 Å². The molecule has 7 nitrogen and oxygen atoms in total. The maximum atomic E-state index is 12.4. The van der Waals surface area contributed by atoms with E-state index < -0.39 is 12.6 Å². The summed E-state index contributed by atoms with van der Waals surface area (Å²) in [6.45, 7) is 0.837. The van der Waals surface area contributed by atoms with Crippen molar-refractivity contribution in [2.45, 2.75) is 18.9 Å². The first kappa shape index (κ1) is 18.7. The molecule has 1 atom stereocenters. The van der Waals surface area contributed by atoms with E-state index >= 15 is 0 Å². The van der Waals surface area contributed by atoms with Gasteiger partial charge in [-0.3, -0.25) is 4.79 Å². The molecule has 1 aliphatic heterocycles. The van der Waals surface area contributed by atoms with Crippen LogP contribution in [-0.4, -0.2) is 42.9 Å². The van der Waals surface area contributed by atoms with Gasteiger partial charge >= 0.3 is 5.97 Å².